The van der Waals surface area contributed by atoms with E-state index in [0.717, 1.165) is 27.9 Å². The third kappa shape index (κ3) is 5.58. The molecule has 32 heavy (non-hydrogen) atoms. The molecule has 1 atom stereocenters. The minimum absolute atomic E-state index is 0.145. The molecule has 2 aromatic carbocycles. The summed E-state index contributed by atoms with van der Waals surface area (Å²) in [5.74, 6) is -1.39. The van der Waals surface area contributed by atoms with Crippen molar-refractivity contribution in [2.75, 3.05) is 10.6 Å². The maximum Gasteiger partial charge on any atom is 0.326 e. The van der Waals surface area contributed by atoms with Gasteiger partial charge in [0.25, 0.3) is 5.91 Å². The van der Waals surface area contributed by atoms with Crippen molar-refractivity contribution < 1.29 is 14.7 Å². The quantitative estimate of drug-likeness (QED) is 0.412. The highest BCUT2D eigenvalue weighted by atomic mass is 35.5. The molecule has 0 aliphatic carbocycles. The molecular weight excluding hydrogens is 449 g/mol. The standard InChI is InChI=1S/C24H23Cl2N3O3/c1-13-8-14(2)22(15(3)9-13)29-20(24(31)32)10-16-4-6-17(7-5-16)28-23(30)21-18(25)11-27-12-19(21)26/h4-9,11-12,20,29H,10H2,1-3H3,(H,28,30)(H,31,32). The summed E-state index contributed by atoms with van der Waals surface area (Å²) in [5, 5.41) is 15.9. The molecule has 3 rings (SSSR count). The van der Waals surface area contributed by atoms with E-state index in [0.29, 0.717) is 5.69 Å². The monoisotopic (exact) mass is 471 g/mol. The Morgan fingerprint density at radius 2 is 1.56 bits per heavy atom. The summed E-state index contributed by atoms with van der Waals surface area (Å²) in [6.45, 7) is 5.93. The van der Waals surface area contributed by atoms with Gasteiger partial charge in [-0.05, 0) is 49.6 Å². The molecule has 1 heterocycles. The molecule has 0 saturated carbocycles. The van der Waals surface area contributed by atoms with Crippen molar-refractivity contribution in [3.63, 3.8) is 0 Å². The van der Waals surface area contributed by atoms with Gasteiger partial charge in [-0.25, -0.2) is 4.79 Å². The van der Waals surface area contributed by atoms with E-state index < -0.39 is 17.9 Å². The predicted molar refractivity (Wildman–Crippen MR) is 128 cm³/mol. The van der Waals surface area contributed by atoms with Gasteiger partial charge in [0.1, 0.15) is 6.04 Å². The first-order valence-corrected chi connectivity index (χ1v) is 10.7. The number of benzene rings is 2. The maximum absolute atomic E-state index is 12.5. The fourth-order valence-corrected chi connectivity index (χ4v) is 4.10. The zero-order chi connectivity index (χ0) is 23.4. The lowest BCUT2D eigenvalue weighted by atomic mass is 10.0. The molecule has 6 nitrogen and oxygen atoms in total. The first-order chi connectivity index (χ1) is 15.2. The molecule has 1 unspecified atom stereocenters. The number of aliphatic carboxylic acids is 1. The highest BCUT2D eigenvalue weighted by Crippen LogP contribution is 2.25. The first kappa shape index (κ1) is 23.6. The summed E-state index contributed by atoms with van der Waals surface area (Å²) in [5.41, 5.74) is 5.45. The molecule has 3 N–H and O–H groups in total. The Bertz CT molecular complexity index is 1120. The van der Waals surface area contributed by atoms with Crippen LogP contribution in [0.1, 0.15) is 32.6 Å². The van der Waals surface area contributed by atoms with Crippen molar-refractivity contribution in [3.8, 4) is 0 Å². The number of aryl methyl sites for hydroxylation is 3. The van der Waals surface area contributed by atoms with E-state index in [4.69, 9.17) is 23.2 Å². The van der Waals surface area contributed by atoms with Gasteiger partial charge in [0.15, 0.2) is 0 Å². The number of nitrogens with zero attached hydrogens (tertiary/aromatic N) is 1. The van der Waals surface area contributed by atoms with Gasteiger partial charge in [0.05, 0.1) is 15.6 Å². The number of carboxylic acids is 1. The number of hydrogen-bond acceptors (Lipinski definition) is 4. The van der Waals surface area contributed by atoms with Crippen LogP contribution in [0.4, 0.5) is 11.4 Å². The van der Waals surface area contributed by atoms with E-state index in [1.165, 1.54) is 12.4 Å². The molecule has 0 radical (unpaired) electrons. The lowest BCUT2D eigenvalue weighted by Gasteiger charge is -2.20. The largest absolute Gasteiger partial charge is 0.480 e. The van der Waals surface area contributed by atoms with Crippen LogP contribution in [0.2, 0.25) is 10.0 Å². The SMILES string of the molecule is Cc1cc(C)c(NC(Cc2ccc(NC(=O)c3c(Cl)cncc3Cl)cc2)C(=O)O)c(C)c1. The summed E-state index contributed by atoms with van der Waals surface area (Å²) in [4.78, 5) is 28.2. The van der Waals surface area contributed by atoms with Crippen molar-refractivity contribution >= 4 is 46.5 Å². The zero-order valence-corrected chi connectivity index (χ0v) is 19.4. The molecule has 166 valence electrons. The number of aromatic nitrogens is 1. The number of halogens is 2. The van der Waals surface area contributed by atoms with Crippen molar-refractivity contribution in [2.45, 2.75) is 33.2 Å². The number of nitrogens with one attached hydrogen (secondary N) is 2. The van der Waals surface area contributed by atoms with Gasteiger partial charge in [0.2, 0.25) is 0 Å². The van der Waals surface area contributed by atoms with Gasteiger partial charge in [-0.15, -0.1) is 0 Å². The van der Waals surface area contributed by atoms with Gasteiger partial charge < -0.3 is 15.7 Å². The van der Waals surface area contributed by atoms with Crippen molar-refractivity contribution in [3.05, 3.63) is 86.7 Å². The predicted octanol–water partition coefficient (Wildman–Crippen LogP) is 5.67. The van der Waals surface area contributed by atoms with Gasteiger partial charge in [-0.1, -0.05) is 53.0 Å². The maximum atomic E-state index is 12.5. The molecular formula is C24H23Cl2N3O3. The first-order valence-electron chi connectivity index (χ1n) is 9.92. The summed E-state index contributed by atoms with van der Waals surface area (Å²) in [6, 6.07) is 10.2. The van der Waals surface area contributed by atoms with Crippen LogP contribution < -0.4 is 10.6 Å². The topological polar surface area (TPSA) is 91.3 Å². The van der Waals surface area contributed by atoms with Crippen LogP contribution in [0.3, 0.4) is 0 Å². The van der Waals surface area contributed by atoms with Crippen LogP contribution in [0.25, 0.3) is 0 Å². The molecule has 0 fully saturated rings. The average molecular weight is 472 g/mol. The number of carbonyl (C=O) groups is 2. The summed E-state index contributed by atoms with van der Waals surface area (Å²) < 4.78 is 0. The summed E-state index contributed by atoms with van der Waals surface area (Å²) >= 11 is 12.1. The average Bonchev–Trinajstić information content (AvgIpc) is 2.70. The van der Waals surface area contributed by atoms with Crippen molar-refractivity contribution in [2.24, 2.45) is 0 Å². The second-order valence-corrected chi connectivity index (χ2v) is 8.46. The Balaban J connectivity index is 1.72. The van der Waals surface area contributed by atoms with E-state index in [-0.39, 0.29) is 22.0 Å². The van der Waals surface area contributed by atoms with E-state index in [2.05, 4.69) is 15.6 Å². The Morgan fingerprint density at radius 1 is 1.00 bits per heavy atom. The van der Waals surface area contributed by atoms with Gasteiger partial charge in [-0.3, -0.25) is 9.78 Å². The minimum atomic E-state index is -0.941. The van der Waals surface area contributed by atoms with Crippen LogP contribution in [0, 0.1) is 20.8 Å². The van der Waals surface area contributed by atoms with Crippen LogP contribution in [-0.2, 0) is 11.2 Å². The van der Waals surface area contributed by atoms with Crippen LogP contribution in [-0.4, -0.2) is 28.0 Å². The van der Waals surface area contributed by atoms with E-state index in [9.17, 15) is 14.7 Å². The highest BCUT2D eigenvalue weighted by molar-refractivity contribution is 6.40. The number of anilines is 2. The molecule has 3 aromatic rings. The molecule has 1 amide bonds. The van der Waals surface area contributed by atoms with Crippen molar-refractivity contribution in [1.82, 2.24) is 4.98 Å². The van der Waals surface area contributed by atoms with Crippen molar-refractivity contribution in [1.29, 1.82) is 0 Å². The summed E-state index contributed by atoms with van der Waals surface area (Å²) in [7, 11) is 0. The Kier molecular flexibility index (Phi) is 7.38. The normalized spacial score (nSPS) is 11.7. The Hall–Kier alpha value is -3.09. The number of amides is 1. The fourth-order valence-electron chi connectivity index (χ4n) is 3.56. The number of carboxylic acid groups (broad SMARTS) is 1. The molecule has 8 heteroatoms. The van der Waals surface area contributed by atoms with E-state index in [1.807, 2.05) is 32.9 Å². The molecule has 0 aliphatic rings. The third-order valence-corrected chi connectivity index (χ3v) is 5.60. The minimum Gasteiger partial charge on any atom is -0.480 e. The summed E-state index contributed by atoms with van der Waals surface area (Å²) in [6.07, 6.45) is 2.97. The number of carbonyl (C=O) groups excluding carboxylic acids is 1. The lowest BCUT2D eigenvalue weighted by molar-refractivity contribution is -0.137. The second-order valence-electron chi connectivity index (χ2n) is 7.64. The van der Waals surface area contributed by atoms with Crippen LogP contribution in [0.15, 0.2) is 48.8 Å². The van der Waals surface area contributed by atoms with Crippen LogP contribution in [0.5, 0.6) is 0 Å². The second kappa shape index (κ2) is 10.0. The molecule has 0 spiro atoms. The zero-order valence-electron chi connectivity index (χ0n) is 17.9. The van der Waals surface area contributed by atoms with E-state index in [1.54, 1.807) is 24.3 Å². The third-order valence-electron chi connectivity index (χ3n) is 5.03. The number of rotatable bonds is 7. The number of hydrogen-bond donors (Lipinski definition) is 3. The van der Waals surface area contributed by atoms with Crippen LogP contribution >= 0.6 is 23.2 Å². The Labute approximate surface area is 196 Å². The number of pyridine rings is 1. The Morgan fingerprint density at radius 3 is 2.09 bits per heavy atom. The molecule has 0 saturated heterocycles. The van der Waals surface area contributed by atoms with E-state index >= 15 is 0 Å². The molecule has 1 aromatic heterocycles. The lowest BCUT2D eigenvalue weighted by Crippen LogP contribution is -2.32. The van der Waals surface area contributed by atoms with Gasteiger partial charge >= 0.3 is 5.97 Å². The molecule has 0 aliphatic heterocycles. The van der Waals surface area contributed by atoms with Gasteiger partial charge in [0, 0.05) is 30.2 Å². The van der Waals surface area contributed by atoms with Gasteiger partial charge in [-0.2, -0.15) is 0 Å². The highest BCUT2D eigenvalue weighted by Gasteiger charge is 2.20. The smallest absolute Gasteiger partial charge is 0.326 e. The molecule has 0 bridgehead atoms. The fraction of sp³-hybridized carbons (Fsp3) is 0.208.